The first-order valence-electron chi connectivity index (χ1n) is 4.85. The zero-order chi connectivity index (χ0) is 9.10. The van der Waals surface area contributed by atoms with E-state index < -0.39 is 0 Å². The molecule has 0 aliphatic carbocycles. The minimum atomic E-state index is 0.280. The second kappa shape index (κ2) is 3.79. The fourth-order valence-electron chi connectivity index (χ4n) is 1.77. The molecule has 0 amide bonds. The van der Waals surface area contributed by atoms with Crippen LogP contribution >= 0.6 is 0 Å². The van der Waals surface area contributed by atoms with Crippen LogP contribution in [-0.2, 0) is 4.74 Å². The summed E-state index contributed by atoms with van der Waals surface area (Å²) in [6, 6.07) is 10.5. The molecule has 1 saturated heterocycles. The van der Waals surface area contributed by atoms with E-state index in [0.29, 0.717) is 0 Å². The molecule has 1 atom stereocenters. The van der Waals surface area contributed by atoms with Gasteiger partial charge in [0, 0.05) is 12.2 Å². The van der Waals surface area contributed by atoms with E-state index in [1.54, 1.807) is 0 Å². The molecule has 1 aliphatic rings. The molecule has 2 heteroatoms. The molecular weight excluding hydrogens is 162 g/mol. The summed E-state index contributed by atoms with van der Waals surface area (Å²) in [4.78, 5) is 2.32. The normalized spacial score (nSPS) is 22.2. The predicted octanol–water partition coefficient (Wildman–Crippen LogP) is 2.26. The van der Waals surface area contributed by atoms with Crippen LogP contribution in [0.3, 0.4) is 0 Å². The Morgan fingerprint density at radius 2 is 2.15 bits per heavy atom. The van der Waals surface area contributed by atoms with Crippen LogP contribution in [0.25, 0.3) is 0 Å². The van der Waals surface area contributed by atoms with E-state index in [1.807, 2.05) is 6.07 Å². The van der Waals surface area contributed by atoms with Crippen molar-refractivity contribution in [1.82, 2.24) is 0 Å². The number of rotatable bonds is 2. The molecule has 1 aromatic rings. The molecule has 0 bridgehead atoms. The van der Waals surface area contributed by atoms with Crippen molar-refractivity contribution in [2.24, 2.45) is 0 Å². The summed E-state index contributed by atoms with van der Waals surface area (Å²) in [5.74, 6) is 0. The fourth-order valence-corrected chi connectivity index (χ4v) is 1.77. The number of hydrogen-bond donors (Lipinski definition) is 0. The average Bonchev–Trinajstić information content (AvgIpc) is 2.67. The quantitative estimate of drug-likeness (QED) is 0.687. The molecular formula is C11H15NO. The zero-order valence-corrected chi connectivity index (χ0v) is 7.94. The van der Waals surface area contributed by atoms with Crippen LogP contribution in [0.2, 0.25) is 0 Å². The summed E-state index contributed by atoms with van der Waals surface area (Å²) in [5.41, 5.74) is 1.27. The lowest BCUT2D eigenvalue weighted by atomic mass is 10.2. The molecule has 13 heavy (non-hydrogen) atoms. The summed E-state index contributed by atoms with van der Waals surface area (Å²) >= 11 is 0. The summed E-state index contributed by atoms with van der Waals surface area (Å²) in [6.07, 6.45) is 1.33. The Labute approximate surface area is 79.1 Å². The number of hydrogen-bond acceptors (Lipinski definition) is 2. The minimum absolute atomic E-state index is 0.280. The van der Waals surface area contributed by atoms with Crippen molar-refractivity contribution >= 4 is 5.69 Å². The molecule has 2 rings (SSSR count). The van der Waals surface area contributed by atoms with Crippen LogP contribution < -0.4 is 4.90 Å². The molecule has 1 aliphatic heterocycles. The van der Waals surface area contributed by atoms with Crippen molar-refractivity contribution in [3.63, 3.8) is 0 Å². The first-order chi connectivity index (χ1) is 6.42. The lowest BCUT2D eigenvalue weighted by Gasteiger charge is -2.23. The van der Waals surface area contributed by atoms with Crippen LogP contribution in [0.4, 0.5) is 5.69 Å². The fraction of sp³-hybridized carbons (Fsp3) is 0.455. The third kappa shape index (κ3) is 1.68. The SMILES string of the molecule is CCC1OCCN1c1ccccc1. The summed E-state index contributed by atoms with van der Waals surface area (Å²) in [6.45, 7) is 4.03. The number of benzene rings is 1. The number of anilines is 1. The smallest absolute Gasteiger partial charge is 0.130 e. The average molecular weight is 177 g/mol. The third-order valence-corrected chi connectivity index (χ3v) is 2.43. The van der Waals surface area contributed by atoms with Crippen LogP contribution in [0.1, 0.15) is 13.3 Å². The zero-order valence-electron chi connectivity index (χ0n) is 7.94. The van der Waals surface area contributed by atoms with E-state index in [2.05, 4.69) is 36.1 Å². The van der Waals surface area contributed by atoms with Crippen LogP contribution in [0.5, 0.6) is 0 Å². The summed E-state index contributed by atoms with van der Waals surface area (Å²) in [7, 11) is 0. The van der Waals surface area contributed by atoms with Gasteiger partial charge in [-0.2, -0.15) is 0 Å². The highest BCUT2D eigenvalue weighted by Gasteiger charge is 2.23. The monoisotopic (exact) mass is 177 g/mol. The van der Waals surface area contributed by atoms with E-state index in [9.17, 15) is 0 Å². The van der Waals surface area contributed by atoms with Crippen molar-refractivity contribution in [1.29, 1.82) is 0 Å². The Hall–Kier alpha value is -1.02. The van der Waals surface area contributed by atoms with Crippen LogP contribution in [0.15, 0.2) is 30.3 Å². The van der Waals surface area contributed by atoms with Gasteiger partial charge in [0.15, 0.2) is 0 Å². The number of nitrogens with zero attached hydrogens (tertiary/aromatic N) is 1. The Kier molecular flexibility index (Phi) is 2.50. The van der Waals surface area contributed by atoms with Gasteiger partial charge in [0.05, 0.1) is 6.61 Å². The molecule has 1 heterocycles. The third-order valence-electron chi connectivity index (χ3n) is 2.43. The first-order valence-corrected chi connectivity index (χ1v) is 4.85. The van der Waals surface area contributed by atoms with Gasteiger partial charge in [0.25, 0.3) is 0 Å². The molecule has 1 fully saturated rings. The highest BCUT2D eigenvalue weighted by molar-refractivity contribution is 5.47. The van der Waals surface area contributed by atoms with Gasteiger partial charge in [-0.05, 0) is 18.6 Å². The number of para-hydroxylation sites is 1. The summed E-state index contributed by atoms with van der Waals surface area (Å²) < 4.78 is 5.60. The van der Waals surface area contributed by atoms with Crippen molar-refractivity contribution in [3.05, 3.63) is 30.3 Å². The molecule has 70 valence electrons. The van der Waals surface area contributed by atoms with Gasteiger partial charge >= 0.3 is 0 Å². The van der Waals surface area contributed by atoms with Gasteiger partial charge in [-0.25, -0.2) is 0 Å². The Morgan fingerprint density at radius 1 is 1.38 bits per heavy atom. The Balaban J connectivity index is 2.16. The van der Waals surface area contributed by atoms with Crippen molar-refractivity contribution < 1.29 is 4.74 Å². The van der Waals surface area contributed by atoms with Gasteiger partial charge in [-0.15, -0.1) is 0 Å². The number of ether oxygens (including phenoxy) is 1. The van der Waals surface area contributed by atoms with E-state index >= 15 is 0 Å². The van der Waals surface area contributed by atoms with Gasteiger partial charge < -0.3 is 9.64 Å². The maximum absolute atomic E-state index is 5.60. The van der Waals surface area contributed by atoms with E-state index in [0.717, 1.165) is 19.6 Å². The molecule has 1 unspecified atom stereocenters. The predicted molar refractivity (Wildman–Crippen MR) is 53.8 cm³/mol. The molecule has 1 aromatic carbocycles. The van der Waals surface area contributed by atoms with Crippen LogP contribution in [-0.4, -0.2) is 19.4 Å². The Morgan fingerprint density at radius 3 is 2.85 bits per heavy atom. The highest BCUT2D eigenvalue weighted by atomic mass is 16.5. The summed E-state index contributed by atoms with van der Waals surface area (Å²) in [5, 5.41) is 0. The Bertz CT molecular complexity index is 260. The largest absolute Gasteiger partial charge is 0.357 e. The van der Waals surface area contributed by atoms with E-state index in [1.165, 1.54) is 5.69 Å². The molecule has 0 radical (unpaired) electrons. The van der Waals surface area contributed by atoms with Gasteiger partial charge in [0.2, 0.25) is 0 Å². The highest BCUT2D eigenvalue weighted by Crippen LogP contribution is 2.22. The maximum atomic E-state index is 5.60. The first kappa shape index (κ1) is 8.57. The second-order valence-electron chi connectivity index (χ2n) is 3.26. The van der Waals surface area contributed by atoms with E-state index in [-0.39, 0.29) is 6.23 Å². The van der Waals surface area contributed by atoms with Gasteiger partial charge in [-0.3, -0.25) is 0 Å². The molecule has 0 N–H and O–H groups in total. The molecule has 0 saturated carbocycles. The van der Waals surface area contributed by atoms with Crippen molar-refractivity contribution in [2.45, 2.75) is 19.6 Å². The van der Waals surface area contributed by atoms with Crippen molar-refractivity contribution in [3.8, 4) is 0 Å². The van der Waals surface area contributed by atoms with Crippen LogP contribution in [0, 0.1) is 0 Å². The molecule has 2 nitrogen and oxygen atoms in total. The standard InChI is InChI=1S/C11H15NO/c1-2-11-12(8-9-13-11)10-6-4-3-5-7-10/h3-7,11H,2,8-9H2,1H3. The van der Waals surface area contributed by atoms with Gasteiger partial charge in [-0.1, -0.05) is 25.1 Å². The molecule has 0 spiro atoms. The lowest BCUT2D eigenvalue weighted by molar-refractivity contribution is 0.110. The second-order valence-corrected chi connectivity index (χ2v) is 3.26. The van der Waals surface area contributed by atoms with Crippen molar-refractivity contribution in [2.75, 3.05) is 18.1 Å². The van der Waals surface area contributed by atoms with E-state index in [4.69, 9.17) is 4.74 Å². The maximum Gasteiger partial charge on any atom is 0.130 e. The molecule has 0 aromatic heterocycles. The lowest BCUT2D eigenvalue weighted by Crippen LogP contribution is -2.29. The minimum Gasteiger partial charge on any atom is -0.357 e. The topological polar surface area (TPSA) is 12.5 Å². The van der Waals surface area contributed by atoms with Gasteiger partial charge in [0.1, 0.15) is 6.23 Å².